The van der Waals surface area contributed by atoms with E-state index in [0.29, 0.717) is 0 Å². The molecule has 0 heterocycles. The highest BCUT2D eigenvalue weighted by molar-refractivity contribution is 5.89. The molecule has 1 aliphatic rings. The second kappa shape index (κ2) is 12.3. The standard InChI is InChI=1S/C23H32O10/c1-8-11(4)21(27)31-17-15(25)18(30-14(7)24)20(33-23(29)13(6)10-3)19(16(17)26)32-22(28)12(5)9-2/h8-10,15-20,25-26H,1-7H3/b11-8-,12-9-,13-10-/t15-,16-,17+,18-,19+,20+/m0/s1. The van der Waals surface area contributed by atoms with Crippen molar-refractivity contribution in [3.63, 3.8) is 0 Å². The molecule has 0 spiro atoms. The number of hydrogen-bond acceptors (Lipinski definition) is 10. The zero-order valence-electron chi connectivity index (χ0n) is 19.9. The Morgan fingerprint density at radius 3 is 1.18 bits per heavy atom. The highest BCUT2D eigenvalue weighted by Crippen LogP contribution is 2.32. The molecular formula is C23H32O10. The van der Waals surface area contributed by atoms with Crippen molar-refractivity contribution >= 4 is 23.9 Å². The van der Waals surface area contributed by atoms with Gasteiger partial charge in [-0.2, -0.15) is 0 Å². The van der Waals surface area contributed by atoms with Crippen molar-refractivity contribution in [2.45, 2.75) is 85.1 Å². The van der Waals surface area contributed by atoms with Crippen LogP contribution in [0.15, 0.2) is 34.9 Å². The van der Waals surface area contributed by atoms with Gasteiger partial charge < -0.3 is 29.2 Å². The minimum absolute atomic E-state index is 0.186. The second-order valence-corrected chi connectivity index (χ2v) is 7.58. The Morgan fingerprint density at radius 2 is 0.848 bits per heavy atom. The van der Waals surface area contributed by atoms with Crippen LogP contribution in [0.1, 0.15) is 48.5 Å². The van der Waals surface area contributed by atoms with Crippen LogP contribution in [0.2, 0.25) is 0 Å². The van der Waals surface area contributed by atoms with Gasteiger partial charge >= 0.3 is 23.9 Å². The fourth-order valence-electron chi connectivity index (χ4n) is 2.89. The van der Waals surface area contributed by atoms with Crippen LogP contribution in [0.3, 0.4) is 0 Å². The fraction of sp³-hybridized carbons (Fsp3) is 0.565. The Balaban J connectivity index is 3.51. The first-order valence-electron chi connectivity index (χ1n) is 10.4. The number of esters is 4. The molecule has 0 saturated heterocycles. The third-order valence-corrected chi connectivity index (χ3v) is 5.29. The zero-order chi connectivity index (χ0) is 25.5. The molecule has 6 atom stereocenters. The summed E-state index contributed by atoms with van der Waals surface area (Å²) < 4.78 is 21.2. The monoisotopic (exact) mass is 468 g/mol. The molecule has 0 aliphatic heterocycles. The van der Waals surface area contributed by atoms with Crippen LogP contribution in [0.5, 0.6) is 0 Å². The normalized spacial score (nSPS) is 28.6. The summed E-state index contributed by atoms with van der Waals surface area (Å²) in [4.78, 5) is 49.0. The van der Waals surface area contributed by atoms with Gasteiger partial charge in [0.15, 0.2) is 24.4 Å². The van der Waals surface area contributed by atoms with Crippen molar-refractivity contribution in [3.05, 3.63) is 34.9 Å². The SMILES string of the molecule is C/C=C(/C)C(=O)O[C@H]1[C@H](O)[C@@H](OC(=O)/C(C)=C\C)[C@H](OC(=O)/C(C)=C\C)[C@@H](OC(C)=O)[C@H]1O. The van der Waals surface area contributed by atoms with Gasteiger partial charge in [-0.25, -0.2) is 14.4 Å². The predicted octanol–water partition coefficient (Wildman–Crippen LogP) is 1.29. The van der Waals surface area contributed by atoms with Crippen LogP contribution in [-0.2, 0) is 38.1 Å². The third kappa shape index (κ3) is 7.00. The van der Waals surface area contributed by atoms with Crippen LogP contribution in [0.25, 0.3) is 0 Å². The summed E-state index contributed by atoms with van der Waals surface area (Å²) in [6.45, 7) is 10.2. The highest BCUT2D eigenvalue weighted by atomic mass is 16.6. The van der Waals surface area contributed by atoms with E-state index in [1.165, 1.54) is 39.0 Å². The summed E-state index contributed by atoms with van der Waals surface area (Å²) in [6.07, 6.45) is -5.68. The zero-order valence-corrected chi connectivity index (χ0v) is 19.9. The molecule has 0 bridgehead atoms. The average molecular weight is 468 g/mol. The Labute approximate surface area is 192 Å². The lowest BCUT2D eigenvalue weighted by Crippen LogP contribution is -2.67. The van der Waals surface area contributed by atoms with E-state index < -0.39 is 60.5 Å². The van der Waals surface area contributed by atoms with Gasteiger partial charge in [0.1, 0.15) is 12.2 Å². The average Bonchev–Trinajstić information content (AvgIpc) is 2.79. The summed E-state index contributed by atoms with van der Waals surface area (Å²) >= 11 is 0. The topological polar surface area (TPSA) is 146 Å². The Hall–Kier alpha value is -2.98. The first-order chi connectivity index (χ1) is 15.4. The lowest BCUT2D eigenvalue weighted by molar-refractivity contribution is -0.249. The quantitative estimate of drug-likeness (QED) is 0.318. The molecule has 0 amide bonds. The van der Waals surface area contributed by atoms with E-state index in [2.05, 4.69) is 0 Å². The van der Waals surface area contributed by atoms with Crippen molar-refractivity contribution in [2.24, 2.45) is 0 Å². The second-order valence-electron chi connectivity index (χ2n) is 7.58. The number of rotatable bonds is 7. The molecule has 10 nitrogen and oxygen atoms in total. The van der Waals surface area contributed by atoms with Crippen LogP contribution in [0.4, 0.5) is 0 Å². The van der Waals surface area contributed by atoms with Crippen molar-refractivity contribution < 1.29 is 48.3 Å². The first-order valence-corrected chi connectivity index (χ1v) is 10.4. The largest absolute Gasteiger partial charge is 0.455 e. The van der Waals surface area contributed by atoms with Crippen molar-refractivity contribution in [3.8, 4) is 0 Å². The number of aliphatic hydroxyl groups excluding tert-OH is 2. The molecular weight excluding hydrogens is 436 g/mol. The van der Waals surface area contributed by atoms with Crippen molar-refractivity contribution in [1.29, 1.82) is 0 Å². The number of carbonyl (C=O) groups excluding carboxylic acids is 4. The van der Waals surface area contributed by atoms with E-state index in [9.17, 15) is 29.4 Å². The molecule has 0 aromatic heterocycles. The van der Waals surface area contributed by atoms with E-state index in [1.54, 1.807) is 20.8 Å². The molecule has 1 aliphatic carbocycles. The fourth-order valence-corrected chi connectivity index (χ4v) is 2.89. The minimum atomic E-state index is -1.81. The molecule has 0 aromatic rings. The predicted molar refractivity (Wildman–Crippen MR) is 116 cm³/mol. The minimum Gasteiger partial charge on any atom is -0.455 e. The third-order valence-electron chi connectivity index (χ3n) is 5.29. The number of hydrogen-bond donors (Lipinski definition) is 2. The van der Waals surface area contributed by atoms with E-state index in [4.69, 9.17) is 18.9 Å². The number of carbonyl (C=O) groups is 4. The van der Waals surface area contributed by atoms with Crippen LogP contribution >= 0.6 is 0 Å². The molecule has 2 N–H and O–H groups in total. The van der Waals surface area contributed by atoms with Gasteiger partial charge in [-0.15, -0.1) is 0 Å². The van der Waals surface area contributed by atoms with Crippen LogP contribution < -0.4 is 0 Å². The molecule has 10 heteroatoms. The van der Waals surface area contributed by atoms with Gasteiger partial charge in [0.2, 0.25) is 0 Å². The van der Waals surface area contributed by atoms with E-state index in [-0.39, 0.29) is 16.7 Å². The van der Waals surface area contributed by atoms with Crippen molar-refractivity contribution in [1.82, 2.24) is 0 Å². The molecule has 1 fully saturated rings. The van der Waals surface area contributed by atoms with Gasteiger partial charge in [-0.05, 0) is 41.5 Å². The molecule has 0 radical (unpaired) electrons. The number of allylic oxidation sites excluding steroid dienone is 3. The van der Waals surface area contributed by atoms with E-state index >= 15 is 0 Å². The molecule has 0 aromatic carbocycles. The summed E-state index contributed by atoms with van der Waals surface area (Å²) in [5.41, 5.74) is 0.562. The molecule has 33 heavy (non-hydrogen) atoms. The molecule has 1 saturated carbocycles. The van der Waals surface area contributed by atoms with E-state index in [1.807, 2.05) is 0 Å². The van der Waals surface area contributed by atoms with Gasteiger partial charge in [0, 0.05) is 23.6 Å². The van der Waals surface area contributed by atoms with Gasteiger partial charge in [-0.3, -0.25) is 4.79 Å². The molecule has 184 valence electrons. The maximum Gasteiger partial charge on any atom is 0.333 e. The smallest absolute Gasteiger partial charge is 0.333 e. The maximum atomic E-state index is 12.5. The van der Waals surface area contributed by atoms with Gasteiger partial charge in [-0.1, -0.05) is 18.2 Å². The molecule has 0 unspecified atom stereocenters. The Morgan fingerprint density at radius 1 is 0.545 bits per heavy atom. The van der Waals surface area contributed by atoms with Crippen LogP contribution in [-0.4, -0.2) is 70.7 Å². The summed E-state index contributed by atoms with van der Waals surface area (Å²) in [5, 5.41) is 21.8. The molecule has 1 rings (SSSR count). The summed E-state index contributed by atoms with van der Waals surface area (Å²) in [5.74, 6) is -3.39. The highest BCUT2D eigenvalue weighted by Gasteiger charge is 2.57. The van der Waals surface area contributed by atoms with Gasteiger partial charge in [0.05, 0.1) is 0 Å². The van der Waals surface area contributed by atoms with Gasteiger partial charge in [0.25, 0.3) is 0 Å². The number of ether oxygens (including phenoxy) is 4. The number of aliphatic hydroxyl groups is 2. The van der Waals surface area contributed by atoms with Crippen LogP contribution in [0, 0.1) is 0 Å². The Kier molecular flexibility index (Phi) is 10.5. The first kappa shape index (κ1) is 28.1. The lowest BCUT2D eigenvalue weighted by Gasteiger charge is -2.45. The summed E-state index contributed by atoms with van der Waals surface area (Å²) in [7, 11) is 0. The van der Waals surface area contributed by atoms with Crippen molar-refractivity contribution in [2.75, 3.05) is 0 Å². The maximum absolute atomic E-state index is 12.5. The lowest BCUT2D eigenvalue weighted by atomic mass is 9.84. The summed E-state index contributed by atoms with van der Waals surface area (Å²) in [6, 6.07) is 0. The van der Waals surface area contributed by atoms with E-state index in [0.717, 1.165) is 6.92 Å². The Bertz CT molecular complexity index is 853.